The molecule has 1 rings (SSSR count). The molecule has 5 nitrogen and oxygen atoms in total. The van der Waals surface area contributed by atoms with Crippen molar-refractivity contribution in [3.05, 3.63) is 23.8 Å². The quantitative estimate of drug-likeness (QED) is 0.546. The van der Waals surface area contributed by atoms with Gasteiger partial charge in [0, 0.05) is 6.54 Å². The number of carbonyl (C=O) groups is 1. The van der Waals surface area contributed by atoms with Crippen LogP contribution in [0, 0.1) is 0 Å². The minimum atomic E-state index is -1.26. The number of methoxy groups -OCH3 is 1. The highest BCUT2D eigenvalue weighted by molar-refractivity contribution is 5.82. The number of ether oxygens (including phenoxy) is 1. The van der Waals surface area contributed by atoms with Crippen molar-refractivity contribution in [2.24, 2.45) is 0 Å². The lowest BCUT2D eigenvalue weighted by atomic mass is 10.1. The van der Waals surface area contributed by atoms with Crippen molar-refractivity contribution in [2.45, 2.75) is 58.0 Å². The first-order chi connectivity index (χ1) is 11.1. The number of unbranched alkanes of at least 4 members (excludes halogenated alkanes) is 6. The number of rotatable bonds is 11. The average Bonchev–Trinajstić information content (AvgIpc) is 2.56. The monoisotopic (exact) mass is 323 g/mol. The van der Waals surface area contributed by atoms with E-state index in [0.29, 0.717) is 12.1 Å². The largest absolute Gasteiger partial charge is 0.504 e. The smallest absolute Gasteiger partial charge is 0.253 e. The molecule has 0 aliphatic heterocycles. The third-order valence-electron chi connectivity index (χ3n) is 3.85. The van der Waals surface area contributed by atoms with Gasteiger partial charge >= 0.3 is 0 Å². The van der Waals surface area contributed by atoms with E-state index in [1.54, 1.807) is 0 Å². The molecule has 0 radical (unpaired) electrons. The normalized spacial score (nSPS) is 12.0. The molecule has 1 aromatic rings. The first kappa shape index (κ1) is 19.3. The van der Waals surface area contributed by atoms with E-state index in [2.05, 4.69) is 12.2 Å². The summed E-state index contributed by atoms with van der Waals surface area (Å²) in [5.74, 6) is -0.211. The lowest BCUT2D eigenvalue weighted by Crippen LogP contribution is -2.30. The Morgan fingerprint density at radius 3 is 2.48 bits per heavy atom. The van der Waals surface area contributed by atoms with Gasteiger partial charge in [-0.2, -0.15) is 0 Å². The Labute approximate surface area is 138 Å². The van der Waals surface area contributed by atoms with Crippen LogP contribution >= 0.6 is 0 Å². The van der Waals surface area contributed by atoms with E-state index < -0.39 is 12.0 Å². The van der Waals surface area contributed by atoms with Gasteiger partial charge in [-0.15, -0.1) is 0 Å². The summed E-state index contributed by atoms with van der Waals surface area (Å²) in [6, 6.07) is 4.38. The third kappa shape index (κ3) is 6.91. The van der Waals surface area contributed by atoms with E-state index in [1.807, 2.05) is 0 Å². The van der Waals surface area contributed by atoms with Crippen molar-refractivity contribution < 1.29 is 19.7 Å². The minimum Gasteiger partial charge on any atom is -0.504 e. The Hall–Kier alpha value is -1.75. The molecular formula is C18H29NO4. The number of carbonyl (C=O) groups excluding carboxylic acids is 1. The second-order valence-corrected chi connectivity index (χ2v) is 5.75. The van der Waals surface area contributed by atoms with Gasteiger partial charge in [0.2, 0.25) is 0 Å². The van der Waals surface area contributed by atoms with Gasteiger partial charge in [-0.05, 0) is 24.1 Å². The Morgan fingerprint density at radius 2 is 1.83 bits per heavy atom. The summed E-state index contributed by atoms with van der Waals surface area (Å²) in [5, 5.41) is 22.3. The Bertz CT molecular complexity index is 476. The lowest BCUT2D eigenvalue weighted by molar-refractivity contribution is -0.129. The number of nitrogens with one attached hydrogen (secondary N) is 1. The fourth-order valence-electron chi connectivity index (χ4n) is 2.41. The number of aromatic hydroxyl groups is 1. The Balaban J connectivity index is 2.29. The molecule has 0 aliphatic rings. The van der Waals surface area contributed by atoms with E-state index in [4.69, 9.17) is 4.74 Å². The number of amides is 1. The van der Waals surface area contributed by atoms with E-state index in [1.165, 1.54) is 57.4 Å². The molecule has 5 heteroatoms. The number of aliphatic hydroxyl groups is 1. The standard InChI is InChI=1S/C18H29NO4/c1-3-4-5-6-7-8-9-12-19-18(22)17(21)14-10-11-15(20)16(13-14)23-2/h10-11,13,17,20-21H,3-9,12H2,1-2H3,(H,19,22). The molecule has 0 spiro atoms. The van der Waals surface area contributed by atoms with Crippen LogP contribution in [0.4, 0.5) is 0 Å². The van der Waals surface area contributed by atoms with Crippen LogP contribution in [0.15, 0.2) is 18.2 Å². The average molecular weight is 323 g/mol. The molecule has 0 aliphatic carbocycles. The van der Waals surface area contributed by atoms with Gasteiger partial charge in [0.1, 0.15) is 0 Å². The molecule has 1 unspecified atom stereocenters. The molecule has 23 heavy (non-hydrogen) atoms. The van der Waals surface area contributed by atoms with Crippen LogP contribution in [-0.4, -0.2) is 29.8 Å². The molecule has 1 aromatic carbocycles. The van der Waals surface area contributed by atoms with Gasteiger partial charge in [-0.1, -0.05) is 51.5 Å². The van der Waals surface area contributed by atoms with Crippen LogP contribution in [0.2, 0.25) is 0 Å². The van der Waals surface area contributed by atoms with Crippen LogP contribution < -0.4 is 10.1 Å². The fraction of sp³-hybridized carbons (Fsp3) is 0.611. The van der Waals surface area contributed by atoms with Gasteiger partial charge < -0.3 is 20.3 Å². The maximum atomic E-state index is 11.9. The highest BCUT2D eigenvalue weighted by atomic mass is 16.5. The van der Waals surface area contributed by atoms with Crippen LogP contribution in [0.1, 0.15) is 63.5 Å². The predicted molar refractivity (Wildman–Crippen MR) is 90.6 cm³/mol. The first-order valence-corrected chi connectivity index (χ1v) is 8.42. The molecule has 130 valence electrons. The summed E-state index contributed by atoms with van der Waals surface area (Å²) >= 11 is 0. The molecule has 0 aromatic heterocycles. The zero-order chi connectivity index (χ0) is 17.1. The molecular weight excluding hydrogens is 294 g/mol. The number of benzene rings is 1. The Morgan fingerprint density at radius 1 is 1.17 bits per heavy atom. The van der Waals surface area contributed by atoms with Crippen molar-refractivity contribution in [1.29, 1.82) is 0 Å². The number of hydrogen-bond acceptors (Lipinski definition) is 4. The van der Waals surface area contributed by atoms with E-state index in [-0.39, 0.29) is 11.5 Å². The van der Waals surface area contributed by atoms with Crippen LogP contribution in [0.25, 0.3) is 0 Å². The second-order valence-electron chi connectivity index (χ2n) is 5.75. The van der Waals surface area contributed by atoms with Crippen molar-refractivity contribution in [3.63, 3.8) is 0 Å². The van der Waals surface area contributed by atoms with Crippen LogP contribution in [0.5, 0.6) is 11.5 Å². The second kappa shape index (κ2) is 10.9. The molecule has 1 amide bonds. The predicted octanol–water partition coefficient (Wildman–Crippen LogP) is 3.30. The summed E-state index contributed by atoms with van der Waals surface area (Å²) in [5.41, 5.74) is 0.400. The number of phenolic OH excluding ortho intramolecular Hbond substituents is 1. The Kier molecular flexibility index (Phi) is 9.14. The molecule has 0 heterocycles. The fourth-order valence-corrected chi connectivity index (χ4v) is 2.41. The van der Waals surface area contributed by atoms with Crippen LogP contribution in [-0.2, 0) is 4.79 Å². The van der Waals surface area contributed by atoms with E-state index in [0.717, 1.165) is 12.8 Å². The van der Waals surface area contributed by atoms with Crippen molar-refractivity contribution >= 4 is 5.91 Å². The zero-order valence-corrected chi connectivity index (χ0v) is 14.2. The number of aliphatic hydroxyl groups excluding tert-OH is 1. The highest BCUT2D eigenvalue weighted by Gasteiger charge is 2.18. The number of phenols is 1. The zero-order valence-electron chi connectivity index (χ0n) is 14.2. The van der Waals surface area contributed by atoms with E-state index in [9.17, 15) is 15.0 Å². The molecule has 0 saturated heterocycles. The van der Waals surface area contributed by atoms with E-state index >= 15 is 0 Å². The summed E-state index contributed by atoms with van der Waals surface area (Å²) in [6.07, 6.45) is 7.01. The highest BCUT2D eigenvalue weighted by Crippen LogP contribution is 2.28. The molecule has 3 N–H and O–H groups in total. The topological polar surface area (TPSA) is 78.8 Å². The summed E-state index contributed by atoms with van der Waals surface area (Å²) in [6.45, 7) is 2.77. The lowest BCUT2D eigenvalue weighted by Gasteiger charge is -2.13. The third-order valence-corrected chi connectivity index (χ3v) is 3.85. The van der Waals surface area contributed by atoms with Gasteiger partial charge in [0.05, 0.1) is 7.11 Å². The summed E-state index contributed by atoms with van der Waals surface area (Å²) in [7, 11) is 1.42. The maximum Gasteiger partial charge on any atom is 0.253 e. The van der Waals surface area contributed by atoms with Gasteiger partial charge in [-0.3, -0.25) is 4.79 Å². The summed E-state index contributed by atoms with van der Waals surface area (Å²) < 4.78 is 4.98. The van der Waals surface area contributed by atoms with Crippen molar-refractivity contribution in [1.82, 2.24) is 5.32 Å². The first-order valence-electron chi connectivity index (χ1n) is 8.42. The SMILES string of the molecule is CCCCCCCCCNC(=O)C(O)c1ccc(O)c(OC)c1. The molecule has 0 saturated carbocycles. The minimum absolute atomic E-state index is 0.0214. The van der Waals surface area contributed by atoms with Gasteiger partial charge in [-0.25, -0.2) is 0 Å². The van der Waals surface area contributed by atoms with Crippen LogP contribution in [0.3, 0.4) is 0 Å². The molecule has 0 fully saturated rings. The van der Waals surface area contributed by atoms with Crippen molar-refractivity contribution in [3.8, 4) is 11.5 Å². The maximum absolute atomic E-state index is 11.9. The van der Waals surface area contributed by atoms with Crippen molar-refractivity contribution in [2.75, 3.05) is 13.7 Å². The molecule has 0 bridgehead atoms. The van der Waals surface area contributed by atoms with Gasteiger partial charge in [0.15, 0.2) is 17.6 Å². The van der Waals surface area contributed by atoms with Gasteiger partial charge in [0.25, 0.3) is 5.91 Å². The number of hydrogen-bond donors (Lipinski definition) is 3. The summed E-state index contributed by atoms with van der Waals surface area (Å²) in [4.78, 5) is 11.9. The molecule has 1 atom stereocenters.